The number of fused-ring (bicyclic) bond motifs is 1. The molecule has 0 aliphatic carbocycles. The number of hydrogen-bond acceptors (Lipinski definition) is 6. The zero-order valence-corrected chi connectivity index (χ0v) is 18.0. The normalized spacial score (nSPS) is 19.0. The van der Waals surface area contributed by atoms with Crippen molar-refractivity contribution in [1.82, 2.24) is 24.7 Å². The van der Waals surface area contributed by atoms with Crippen LogP contribution in [0.1, 0.15) is 31.7 Å². The lowest BCUT2D eigenvalue weighted by atomic mass is 9.73. The van der Waals surface area contributed by atoms with E-state index in [0.29, 0.717) is 5.56 Å². The molecule has 0 aromatic carbocycles. The summed E-state index contributed by atoms with van der Waals surface area (Å²) in [6.45, 7) is 2.26. The Morgan fingerprint density at radius 1 is 1.09 bits per heavy atom. The predicted octanol–water partition coefficient (Wildman–Crippen LogP) is 3.63. The van der Waals surface area contributed by atoms with Gasteiger partial charge in [0, 0.05) is 13.0 Å². The van der Waals surface area contributed by atoms with Gasteiger partial charge >= 0.3 is 12.1 Å². The topological polar surface area (TPSA) is 115 Å². The van der Waals surface area contributed by atoms with Gasteiger partial charge in [0.1, 0.15) is 23.1 Å². The lowest BCUT2D eigenvalue weighted by Crippen LogP contribution is -2.43. The van der Waals surface area contributed by atoms with Gasteiger partial charge in [-0.3, -0.25) is 9.59 Å². The van der Waals surface area contributed by atoms with Gasteiger partial charge in [0.25, 0.3) is 0 Å². The number of nitrogens with zero attached hydrogens (tertiary/aromatic N) is 5. The van der Waals surface area contributed by atoms with E-state index < -0.39 is 54.0 Å². The molecule has 0 bridgehead atoms. The molecule has 0 radical (unpaired) electrons. The summed E-state index contributed by atoms with van der Waals surface area (Å²) >= 11 is 0. The molecular formula is C20H15F6N7O2. The summed E-state index contributed by atoms with van der Waals surface area (Å²) in [4.78, 5) is 37.4. The van der Waals surface area contributed by atoms with Crippen LogP contribution in [0, 0.1) is 11.2 Å². The molecule has 0 saturated heterocycles. The molecular weight excluding hydrogens is 484 g/mol. The summed E-state index contributed by atoms with van der Waals surface area (Å²) in [5, 5.41) is 9.12. The number of hydrogen-bond donors (Lipinski definition) is 2. The van der Waals surface area contributed by atoms with E-state index in [1.54, 1.807) is 13.8 Å². The van der Waals surface area contributed by atoms with Gasteiger partial charge in [0.15, 0.2) is 11.5 Å². The van der Waals surface area contributed by atoms with Crippen LogP contribution in [0.3, 0.4) is 0 Å². The van der Waals surface area contributed by atoms with E-state index in [-0.39, 0.29) is 34.2 Å². The number of halogens is 6. The van der Waals surface area contributed by atoms with Crippen molar-refractivity contribution in [1.29, 1.82) is 0 Å². The molecule has 3 aromatic heterocycles. The second kappa shape index (κ2) is 7.11. The van der Waals surface area contributed by atoms with Crippen LogP contribution in [0.2, 0.25) is 0 Å². The van der Waals surface area contributed by atoms with Crippen LogP contribution in [0.5, 0.6) is 0 Å². The van der Waals surface area contributed by atoms with Crippen LogP contribution in [0.4, 0.5) is 38.0 Å². The summed E-state index contributed by atoms with van der Waals surface area (Å²) < 4.78 is 79.5. The Labute approximate surface area is 191 Å². The van der Waals surface area contributed by atoms with Crippen molar-refractivity contribution in [3.05, 3.63) is 23.6 Å². The molecule has 0 unspecified atom stereocenters. The Kier molecular flexibility index (Phi) is 4.67. The third kappa shape index (κ3) is 3.39. The first-order valence-corrected chi connectivity index (χ1v) is 10.2. The Hall–Kier alpha value is -3.78. The van der Waals surface area contributed by atoms with E-state index in [0.717, 1.165) is 16.9 Å². The van der Waals surface area contributed by atoms with Crippen molar-refractivity contribution in [2.75, 3.05) is 10.6 Å². The van der Waals surface area contributed by atoms with Gasteiger partial charge in [-0.2, -0.15) is 27.1 Å². The van der Waals surface area contributed by atoms with E-state index >= 15 is 0 Å². The number of carbonyl (C=O) groups is 2. The fourth-order valence-electron chi connectivity index (χ4n) is 4.19. The van der Waals surface area contributed by atoms with Gasteiger partial charge in [-0.1, -0.05) is 0 Å². The minimum absolute atomic E-state index is 0.00772. The summed E-state index contributed by atoms with van der Waals surface area (Å²) in [6, 6.07) is 0.953. The maximum absolute atomic E-state index is 14.0. The molecule has 0 saturated carbocycles. The third-order valence-electron chi connectivity index (χ3n) is 6.09. The van der Waals surface area contributed by atoms with Gasteiger partial charge < -0.3 is 10.6 Å². The molecule has 0 spiro atoms. The van der Waals surface area contributed by atoms with E-state index in [2.05, 4.69) is 30.7 Å². The molecule has 0 fully saturated rings. The lowest BCUT2D eigenvalue weighted by Gasteiger charge is -2.33. The number of rotatable bonds is 4. The number of anilines is 2. The molecule has 9 nitrogen and oxygen atoms in total. The average Bonchev–Trinajstić information content (AvgIpc) is 3.27. The fourth-order valence-corrected chi connectivity index (χ4v) is 4.19. The van der Waals surface area contributed by atoms with Gasteiger partial charge in [-0.15, -0.1) is 0 Å². The Balaban J connectivity index is 1.62. The minimum Gasteiger partial charge on any atom is -0.310 e. The number of amides is 2. The van der Waals surface area contributed by atoms with Crippen molar-refractivity contribution in [2.45, 2.75) is 44.8 Å². The van der Waals surface area contributed by atoms with Crippen molar-refractivity contribution in [3.63, 3.8) is 0 Å². The highest BCUT2D eigenvalue weighted by molar-refractivity contribution is 6.13. The molecule has 2 aliphatic rings. The van der Waals surface area contributed by atoms with Gasteiger partial charge in [-0.25, -0.2) is 24.0 Å². The minimum atomic E-state index is -5.76. The summed E-state index contributed by atoms with van der Waals surface area (Å²) in [5.41, 5.74) is -1.11. The van der Waals surface area contributed by atoms with Crippen LogP contribution in [-0.2, 0) is 16.1 Å². The molecule has 15 heteroatoms. The van der Waals surface area contributed by atoms with Crippen LogP contribution in [0.15, 0.2) is 12.3 Å². The van der Waals surface area contributed by atoms with Crippen LogP contribution >= 0.6 is 0 Å². The van der Waals surface area contributed by atoms with E-state index in [1.165, 1.54) is 0 Å². The first kappa shape index (κ1) is 23.0. The highest BCUT2D eigenvalue weighted by Gasteiger charge is 2.57. The van der Waals surface area contributed by atoms with E-state index in [4.69, 9.17) is 0 Å². The monoisotopic (exact) mass is 499 g/mol. The Morgan fingerprint density at radius 2 is 1.74 bits per heavy atom. The van der Waals surface area contributed by atoms with Crippen LogP contribution in [-0.4, -0.2) is 48.6 Å². The average molecular weight is 499 g/mol. The van der Waals surface area contributed by atoms with Gasteiger partial charge in [0.05, 0.1) is 28.5 Å². The number of alkyl halides is 5. The van der Waals surface area contributed by atoms with Crippen molar-refractivity contribution < 1.29 is 35.9 Å². The SMILES string of the molecule is CC1(C)C(=O)Nc2nc(-c3nn(CCC(F)(F)C(F)(F)F)c4ncc(F)cc34)nc3c2[C@H]1C(=O)N3. The van der Waals surface area contributed by atoms with Crippen LogP contribution < -0.4 is 10.6 Å². The lowest BCUT2D eigenvalue weighted by molar-refractivity contribution is -0.285. The molecule has 2 N–H and O–H groups in total. The molecule has 35 heavy (non-hydrogen) atoms. The molecule has 184 valence electrons. The maximum atomic E-state index is 14.0. The fraction of sp³-hybridized carbons (Fsp3) is 0.400. The second-order valence-corrected chi connectivity index (χ2v) is 8.80. The molecule has 3 aromatic rings. The number of aryl methyl sites for hydroxylation is 1. The predicted molar refractivity (Wildman–Crippen MR) is 108 cm³/mol. The quantitative estimate of drug-likeness (QED) is 0.530. The molecule has 5 rings (SSSR count). The summed E-state index contributed by atoms with van der Waals surface area (Å²) in [5.74, 6) is -7.80. The molecule has 5 heterocycles. The second-order valence-electron chi connectivity index (χ2n) is 8.80. The highest BCUT2D eigenvalue weighted by atomic mass is 19.4. The number of carbonyl (C=O) groups excluding carboxylic acids is 2. The Bertz CT molecular complexity index is 1420. The van der Waals surface area contributed by atoms with Gasteiger partial charge in [-0.05, 0) is 19.9 Å². The van der Waals surface area contributed by atoms with Crippen molar-refractivity contribution >= 4 is 34.5 Å². The van der Waals surface area contributed by atoms with E-state index in [1.807, 2.05) is 0 Å². The van der Waals surface area contributed by atoms with E-state index in [9.17, 15) is 35.9 Å². The number of nitrogens with one attached hydrogen (secondary N) is 2. The maximum Gasteiger partial charge on any atom is 0.453 e. The summed E-state index contributed by atoms with van der Waals surface area (Å²) in [6.07, 6.45) is -6.64. The number of aromatic nitrogens is 5. The largest absolute Gasteiger partial charge is 0.453 e. The Morgan fingerprint density at radius 3 is 2.40 bits per heavy atom. The number of pyridine rings is 1. The smallest absolute Gasteiger partial charge is 0.310 e. The van der Waals surface area contributed by atoms with Crippen LogP contribution in [0.25, 0.3) is 22.6 Å². The van der Waals surface area contributed by atoms with Crippen molar-refractivity contribution in [2.24, 2.45) is 5.41 Å². The standard InChI is InChI=1S/C20H15F6N7O2/c1-18(2)10-9-12(30-16(10)34)28-14(29-13(9)31-17(18)35)11-8-5-7(21)6-27-15(8)33(32-11)4-3-19(22,23)20(24,25)26/h5-6,10H,3-4H2,1-2H3,(H2,28,29,30,31,34,35)/t10-/m0/s1. The first-order chi connectivity index (χ1) is 16.2. The molecule has 2 aliphatic heterocycles. The zero-order chi connectivity index (χ0) is 25.5. The molecule has 2 amide bonds. The highest BCUT2D eigenvalue weighted by Crippen LogP contribution is 2.50. The third-order valence-corrected chi connectivity index (χ3v) is 6.09. The molecule has 1 atom stereocenters. The first-order valence-electron chi connectivity index (χ1n) is 10.2. The van der Waals surface area contributed by atoms with Gasteiger partial charge in [0.2, 0.25) is 11.8 Å². The summed E-state index contributed by atoms with van der Waals surface area (Å²) in [7, 11) is 0. The zero-order valence-electron chi connectivity index (χ0n) is 18.0. The van der Waals surface area contributed by atoms with Crippen molar-refractivity contribution in [3.8, 4) is 11.5 Å².